The molecular formula is C15H18O4. The second kappa shape index (κ2) is 5.89. The Balaban J connectivity index is 2.18. The predicted octanol–water partition coefficient (Wildman–Crippen LogP) is 2.92. The van der Waals surface area contributed by atoms with Crippen LogP contribution < -0.4 is 0 Å². The molecule has 1 unspecified atom stereocenters. The number of hydrogen-bond donors (Lipinski definition) is 1. The Bertz CT molecular complexity index is 571. The van der Waals surface area contributed by atoms with Crippen molar-refractivity contribution in [3.05, 3.63) is 35.6 Å². The highest BCUT2D eigenvalue weighted by molar-refractivity contribution is 5.94. The highest BCUT2D eigenvalue weighted by atomic mass is 16.5. The maximum absolute atomic E-state index is 11.4. The predicted molar refractivity (Wildman–Crippen MR) is 72.2 cm³/mol. The smallest absolute Gasteiger partial charge is 0.337 e. The van der Waals surface area contributed by atoms with Crippen LogP contribution in [0.5, 0.6) is 0 Å². The highest BCUT2D eigenvalue weighted by Crippen LogP contribution is 2.22. The number of aliphatic hydroxyl groups excluding tert-OH is 1. The summed E-state index contributed by atoms with van der Waals surface area (Å²) in [6.45, 7) is 1.95. The molecule has 0 saturated carbocycles. The largest absolute Gasteiger partial charge is 0.465 e. The number of hydrogen-bond acceptors (Lipinski definition) is 4. The number of ether oxygens (including phenoxy) is 1. The van der Waals surface area contributed by atoms with Gasteiger partial charge in [0.2, 0.25) is 0 Å². The van der Waals surface area contributed by atoms with Gasteiger partial charge >= 0.3 is 5.97 Å². The van der Waals surface area contributed by atoms with Gasteiger partial charge in [-0.05, 0) is 37.1 Å². The standard InChI is InChI=1S/C15H18O4/c1-3-12(16)5-6-13-9-11-8-10(15(17)18-2)4-7-14(11)19-13/h4,7-9,12,16H,3,5-6H2,1-2H3. The Morgan fingerprint density at radius 1 is 1.42 bits per heavy atom. The lowest BCUT2D eigenvalue weighted by atomic mass is 10.1. The van der Waals surface area contributed by atoms with E-state index in [9.17, 15) is 9.90 Å². The Morgan fingerprint density at radius 3 is 2.89 bits per heavy atom. The van der Waals surface area contributed by atoms with E-state index in [1.807, 2.05) is 13.0 Å². The highest BCUT2D eigenvalue weighted by Gasteiger charge is 2.10. The van der Waals surface area contributed by atoms with Crippen molar-refractivity contribution in [2.45, 2.75) is 32.3 Å². The normalized spacial score (nSPS) is 12.6. The number of carbonyl (C=O) groups excluding carboxylic acids is 1. The maximum atomic E-state index is 11.4. The SMILES string of the molecule is CCC(O)CCc1cc2cc(C(=O)OC)ccc2o1. The number of methoxy groups -OCH3 is 1. The maximum Gasteiger partial charge on any atom is 0.337 e. The van der Waals surface area contributed by atoms with Gasteiger partial charge in [-0.1, -0.05) is 6.92 Å². The summed E-state index contributed by atoms with van der Waals surface area (Å²) in [6.07, 6.45) is 1.82. The summed E-state index contributed by atoms with van der Waals surface area (Å²) in [4.78, 5) is 11.4. The Hall–Kier alpha value is -1.81. The van der Waals surface area contributed by atoms with Crippen molar-refractivity contribution < 1.29 is 19.1 Å². The molecule has 1 aromatic heterocycles. The molecular weight excluding hydrogens is 244 g/mol. The van der Waals surface area contributed by atoms with E-state index in [2.05, 4.69) is 4.74 Å². The molecule has 0 bridgehead atoms. The number of aryl methyl sites for hydroxylation is 1. The van der Waals surface area contributed by atoms with Gasteiger partial charge in [-0.25, -0.2) is 4.79 Å². The van der Waals surface area contributed by atoms with Gasteiger partial charge in [0.15, 0.2) is 0 Å². The Morgan fingerprint density at radius 2 is 2.21 bits per heavy atom. The van der Waals surface area contributed by atoms with Crippen LogP contribution >= 0.6 is 0 Å². The third-order valence-electron chi connectivity index (χ3n) is 3.18. The molecule has 1 N–H and O–H groups in total. The van der Waals surface area contributed by atoms with Gasteiger partial charge < -0.3 is 14.3 Å². The minimum absolute atomic E-state index is 0.293. The number of aliphatic hydroxyl groups is 1. The Kier molecular flexibility index (Phi) is 4.22. The zero-order chi connectivity index (χ0) is 13.8. The second-order valence-electron chi connectivity index (χ2n) is 4.56. The molecule has 0 saturated heterocycles. The van der Waals surface area contributed by atoms with Gasteiger partial charge in [-0.2, -0.15) is 0 Å². The summed E-state index contributed by atoms with van der Waals surface area (Å²) in [6, 6.07) is 7.11. The fourth-order valence-electron chi connectivity index (χ4n) is 1.98. The first-order valence-electron chi connectivity index (χ1n) is 6.43. The number of carbonyl (C=O) groups is 1. The number of esters is 1. The first kappa shape index (κ1) is 13.6. The molecule has 1 aromatic carbocycles. The third-order valence-corrected chi connectivity index (χ3v) is 3.18. The van der Waals surface area contributed by atoms with Crippen molar-refractivity contribution >= 4 is 16.9 Å². The molecule has 2 aromatic rings. The van der Waals surface area contributed by atoms with Crippen molar-refractivity contribution in [3.8, 4) is 0 Å². The van der Waals surface area contributed by atoms with Crippen molar-refractivity contribution in [1.29, 1.82) is 0 Å². The molecule has 0 aliphatic heterocycles. The summed E-state index contributed by atoms with van der Waals surface area (Å²) < 4.78 is 10.4. The molecule has 0 aliphatic rings. The summed E-state index contributed by atoms with van der Waals surface area (Å²) >= 11 is 0. The fraction of sp³-hybridized carbons (Fsp3) is 0.400. The quantitative estimate of drug-likeness (QED) is 0.842. The van der Waals surface area contributed by atoms with Gasteiger partial charge in [-0.15, -0.1) is 0 Å². The summed E-state index contributed by atoms with van der Waals surface area (Å²) in [7, 11) is 1.36. The van der Waals surface area contributed by atoms with Crippen molar-refractivity contribution in [2.75, 3.05) is 7.11 Å². The van der Waals surface area contributed by atoms with E-state index < -0.39 is 0 Å². The molecule has 1 heterocycles. The monoisotopic (exact) mass is 262 g/mol. The van der Waals surface area contributed by atoms with E-state index in [4.69, 9.17) is 4.42 Å². The van der Waals surface area contributed by atoms with E-state index in [0.29, 0.717) is 18.4 Å². The van der Waals surface area contributed by atoms with Crippen LogP contribution in [0, 0.1) is 0 Å². The molecule has 4 heteroatoms. The van der Waals surface area contributed by atoms with Gasteiger partial charge in [0.1, 0.15) is 11.3 Å². The molecule has 1 atom stereocenters. The molecule has 2 rings (SSSR count). The molecule has 19 heavy (non-hydrogen) atoms. The summed E-state index contributed by atoms with van der Waals surface area (Å²) in [5, 5.41) is 10.4. The Labute approximate surface area is 112 Å². The zero-order valence-corrected chi connectivity index (χ0v) is 11.2. The van der Waals surface area contributed by atoms with Gasteiger partial charge in [0, 0.05) is 11.8 Å². The number of fused-ring (bicyclic) bond motifs is 1. The topological polar surface area (TPSA) is 59.7 Å². The summed E-state index contributed by atoms with van der Waals surface area (Å²) in [5.74, 6) is 0.468. The van der Waals surface area contributed by atoms with E-state index in [-0.39, 0.29) is 12.1 Å². The second-order valence-corrected chi connectivity index (χ2v) is 4.56. The van der Waals surface area contributed by atoms with Crippen LogP contribution in [0.15, 0.2) is 28.7 Å². The molecule has 102 valence electrons. The number of benzene rings is 1. The molecule has 0 spiro atoms. The van der Waals surface area contributed by atoms with E-state index in [0.717, 1.165) is 23.2 Å². The fourth-order valence-corrected chi connectivity index (χ4v) is 1.98. The lowest BCUT2D eigenvalue weighted by Crippen LogP contribution is -2.05. The van der Waals surface area contributed by atoms with E-state index >= 15 is 0 Å². The van der Waals surface area contributed by atoms with Crippen LogP contribution in [0.25, 0.3) is 11.0 Å². The number of furan rings is 1. The van der Waals surface area contributed by atoms with Gasteiger partial charge in [-0.3, -0.25) is 0 Å². The van der Waals surface area contributed by atoms with E-state index in [1.54, 1.807) is 18.2 Å². The lowest BCUT2D eigenvalue weighted by Gasteiger charge is -2.04. The molecule has 0 aliphatic carbocycles. The minimum Gasteiger partial charge on any atom is -0.465 e. The zero-order valence-electron chi connectivity index (χ0n) is 11.2. The molecule has 4 nitrogen and oxygen atoms in total. The minimum atomic E-state index is -0.356. The summed E-state index contributed by atoms with van der Waals surface area (Å²) in [5.41, 5.74) is 1.25. The van der Waals surface area contributed by atoms with Crippen LogP contribution in [0.2, 0.25) is 0 Å². The van der Waals surface area contributed by atoms with Crippen molar-refractivity contribution in [3.63, 3.8) is 0 Å². The average molecular weight is 262 g/mol. The first-order valence-corrected chi connectivity index (χ1v) is 6.43. The molecule has 0 radical (unpaired) electrons. The third kappa shape index (κ3) is 3.15. The molecule has 0 fully saturated rings. The first-order chi connectivity index (χ1) is 9.13. The lowest BCUT2D eigenvalue weighted by molar-refractivity contribution is 0.0601. The van der Waals surface area contributed by atoms with Gasteiger partial charge in [0.05, 0.1) is 18.8 Å². The van der Waals surface area contributed by atoms with E-state index in [1.165, 1.54) is 7.11 Å². The van der Waals surface area contributed by atoms with Crippen LogP contribution in [-0.4, -0.2) is 24.3 Å². The van der Waals surface area contributed by atoms with Crippen LogP contribution in [0.1, 0.15) is 35.9 Å². The van der Waals surface area contributed by atoms with Crippen molar-refractivity contribution in [1.82, 2.24) is 0 Å². The molecule has 0 amide bonds. The van der Waals surface area contributed by atoms with Crippen LogP contribution in [-0.2, 0) is 11.2 Å². The van der Waals surface area contributed by atoms with Gasteiger partial charge in [0.25, 0.3) is 0 Å². The van der Waals surface area contributed by atoms with Crippen molar-refractivity contribution in [2.24, 2.45) is 0 Å². The average Bonchev–Trinajstić information content (AvgIpc) is 2.85. The van der Waals surface area contributed by atoms with Crippen LogP contribution in [0.4, 0.5) is 0 Å². The van der Waals surface area contributed by atoms with Crippen LogP contribution in [0.3, 0.4) is 0 Å². The number of rotatable bonds is 5.